The first-order valence-corrected chi connectivity index (χ1v) is 5.90. The van der Waals surface area contributed by atoms with Gasteiger partial charge < -0.3 is 10.3 Å². The number of hydrogen-bond acceptors (Lipinski definition) is 3. The predicted molar refractivity (Wildman–Crippen MR) is 65.9 cm³/mol. The first-order valence-electron chi connectivity index (χ1n) is 5.11. The highest BCUT2D eigenvalue weighted by molar-refractivity contribution is 9.10. The van der Waals surface area contributed by atoms with E-state index in [4.69, 9.17) is 5.73 Å². The number of aromatic nitrogens is 3. The summed E-state index contributed by atoms with van der Waals surface area (Å²) in [5.41, 5.74) is 6.97. The van der Waals surface area contributed by atoms with Gasteiger partial charge in [0.25, 0.3) is 0 Å². The van der Waals surface area contributed by atoms with E-state index in [2.05, 4.69) is 32.8 Å². The van der Waals surface area contributed by atoms with E-state index in [-0.39, 0.29) is 6.04 Å². The molecule has 0 saturated heterocycles. The first-order chi connectivity index (χ1) is 7.74. The zero-order valence-electron chi connectivity index (χ0n) is 8.97. The van der Waals surface area contributed by atoms with Crippen LogP contribution >= 0.6 is 15.9 Å². The molecule has 1 unspecified atom stereocenters. The summed E-state index contributed by atoms with van der Waals surface area (Å²) in [4.78, 5) is 8.57. The highest BCUT2D eigenvalue weighted by atomic mass is 79.9. The third-order valence-electron chi connectivity index (χ3n) is 2.45. The van der Waals surface area contributed by atoms with Gasteiger partial charge in [0, 0.05) is 29.6 Å². The standard InChI is InChI=1S/C11H13BrN4/c1-2-16-7-6-15-11(16)9(13)10-8(12)4-3-5-14-10/h3-7,9H,2,13H2,1H3. The van der Waals surface area contributed by atoms with Crippen molar-refractivity contribution in [2.75, 3.05) is 0 Å². The van der Waals surface area contributed by atoms with Crippen molar-refractivity contribution >= 4 is 15.9 Å². The van der Waals surface area contributed by atoms with Gasteiger partial charge in [-0.25, -0.2) is 4.98 Å². The summed E-state index contributed by atoms with van der Waals surface area (Å²) in [5.74, 6) is 0.835. The molecule has 0 aromatic carbocycles. The van der Waals surface area contributed by atoms with E-state index >= 15 is 0 Å². The van der Waals surface area contributed by atoms with Crippen LogP contribution in [0.1, 0.15) is 24.5 Å². The molecule has 0 saturated carbocycles. The lowest BCUT2D eigenvalue weighted by atomic mass is 10.2. The molecule has 0 spiro atoms. The van der Waals surface area contributed by atoms with Crippen molar-refractivity contribution in [3.63, 3.8) is 0 Å². The van der Waals surface area contributed by atoms with Crippen LogP contribution in [0, 0.1) is 0 Å². The lowest BCUT2D eigenvalue weighted by molar-refractivity contribution is 0.645. The van der Waals surface area contributed by atoms with E-state index in [1.165, 1.54) is 0 Å². The summed E-state index contributed by atoms with van der Waals surface area (Å²) in [6.45, 7) is 2.92. The van der Waals surface area contributed by atoms with Crippen molar-refractivity contribution in [3.8, 4) is 0 Å². The van der Waals surface area contributed by atoms with Gasteiger partial charge in [-0.05, 0) is 35.0 Å². The van der Waals surface area contributed by atoms with Gasteiger partial charge >= 0.3 is 0 Å². The lowest BCUT2D eigenvalue weighted by Crippen LogP contribution is -2.19. The predicted octanol–water partition coefficient (Wildman–Crippen LogP) is 2.11. The van der Waals surface area contributed by atoms with Crippen LogP contribution in [-0.4, -0.2) is 14.5 Å². The fourth-order valence-corrected chi connectivity index (χ4v) is 2.12. The van der Waals surface area contributed by atoms with Crippen molar-refractivity contribution in [2.45, 2.75) is 19.5 Å². The monoisotopic (exact) mass is 280 g/mol. The van der Waals surface area contributed by atoms with Crippen molar-refractivity contribution in [1.29, 1.82) is 0 Å². The van der Waals surface area contributed by atoms with Gasteiger partial charge in [-0.1, -0.05) is 0 Å². The summed E-state index contributed by atoms with van der Waals surface area (Å²) in [6, 6.07) is 3.50. The summed E-state index contributed by atoms with van der Waals surface area (Å²) in [7, 11) is 0. The van der Waals surface area contributed by atoms with Crippen molar-refractivity contribution in [2.24, 2.45) is 5.73 Å². The second-order valence-corrected chi connectivity index (χ2v) is 4.27. The highest BCUT2D eigenvalue weighted by Crippen LogP contribution is 2.23. The zero-order chi connectivity index (χ0) is 11.5. The first kappa shape index (κ1) is 11.3. The third kappa shape index (κ3) is 2.01. The van der Waals surface area contributed by atoms with Gasteiger partial charge in [-0.15, -0.1) is 0 Å². The molecule has 0 aliphatic rings. The summed E-state index contributed by atoms with van der Waals surface area (Å²) in [5, 5.41) is 0. The molecular weight excluding hydrogens is 268 g/mol. The number of rotatable bonds is 3. The number of nitrogens with two attached hydrogens (primary N) is 1. The fourth-order valence-electron chi connectivity index (χ4n) is 1.62. The smallest absolute Gasteiger partial charge is 0.131 e. The summed E-state index contributed by atoms with van der Waals surface area (Å²) < 4.78 is 2.93. The maximum Gasteiger partial charge on any atom is 0.131 e. The quantitative estimate of drug-likeness (QED) is 0.937. The lowest BCUT2D eigenvalue weighted by Gasteiger charge is -2.13. The molecule has 2 N–H and O–H groups in total. The van der Waals surface area contributed by atoms with Gasteiger partial charge in [0.2, 0.25) is 0 Å². The molecular formula is C11H13BrN4. The minimum absolute atomic E-state index is 0.300. The molecule has 0 radical (unpaired) electrons. The van der Waals surface area contributed by atoms with E-state index in [9.17, 15) is 0 Å². The van der Waals surface area contributed by atoms with E-state index in [0.29, 0.717) is 0 Å². The van der Waals surface area contributed by atoms with E-state index in [1.54, 1.807) is 12.4 Å². The number of nitrogens with zero attached hydrogens (tertiary/aromatic N) is 3. The maximum atomic E-state index is 6.16. The molecule has 0 amide bonds. The Balaban J connectivity index is 2.39. The number of hydrogen-bond donors (Lipinski definition) is 1. The Bertz CT molecular complexity index is 480. The van der Waals surface area contributed by atoms with Gasteiger partial charge in [0.1, 0.15) is 11.9 Å². The van der Waals surface area contributed by atoms with Crippen LogP contribution in [0.5, 0.6) is 0 Å². The van der Waals surface area contributed by atoms with Crippen LogP contribution in [0.2, 0.25) is 0 Å². The maximum absolute atomic E-state index is 6.16. The van der Waals surface area contributed by atoms with Crippen LogP contribution < -0.4 is 5.73 Å². The highest BCUT2D eigenvalue weighted by Gasteiger charge is 2.17. The second-order valence-electron chi connectivity index (χ2n) is 3.42. The summed E-state index contributed by atoms with van der Waals surface area (Å²) in [6.07, 6.45) is 5.42. The summed E-state index contributed by atoms with van der Waals surface area (Å²) >= 11 is 3.45. The molecule has 0 aliphatic heterocycles. The molecule has 2 aromatic rings. The van der Waals surface area contributed by atoms with Crippen molar-refractivity contribution in [1.82, 2.24) is 14.5 Å². The number of pyridine rings is 1. The van der Waals surface area contributed by atoms with Crippen molar-refractivity contribution < 1.29 is 0 Å². The molecule has 84 valence electrons. The SMILES string of the molecule is CCn1ccnc1C(N)c1ncccc1Br. The molecule has 5 heteroatoms. The number of aryl methyl sites for hydroxylation is 1. The van der Waals surface area contributed by atoms with E-state index < -0.39 is 0 Å². The van der Waals surface area contributed by atoms with E-state index in [0.717, 1.165) is 22.5 Å². The van der Waals surface area contributed by atoms with E-state index in [1.807, 2.05) is 22.9 Å². The van der Waals surface area contributed by atoms with Crippen LogP contribution in [0.15, 0.2) is 35.2 Å². The van der Waals surface area contributed by atoms with Gasteiger partial charge in [-0.3, -0.25) is 4.98 Å². The average molecular weight is 281 g/mol. The normalized spacial score (nSPS) is 12.7. The molecule has 0 bridgehead atoms. The Morgan fingerprint density at radius 3 is 2.94 bits per heavy atom. The fraction of sp³-hybridized carbons (Fsp3) is 0.273. The zero-order valence-corrected chi connectivity index (χ0v) is 10.6. The Morgan fingerprint density at radius 2 is 2.25 bits per heavy atom. The Hall–Kier alpha value is -1.20. The second kappa shape index (κ2) is 4.76. The third-order valence-corrected chi connectivity index (χ3v) is 3.12. The molecule has 0 aliphatic carbocycles. The van der Waals surface area contributed by atoms with Crippen molar-refractivity contribution in [3.05, 3.63) is 46.7 Å². The molecule has 1 atom stereocenters. The molecule has 0 fully saturated rings. The topological polar surface area (TPSA) is 56.7 Å². The Morgan fingerprint density at radius 1 is 1.44 bits per heavy atom. The largest absolute Gasteiger partial charge is 0.334 e. The van der Waals surface area contributed by atoms with Gasteiger partial charge in [0.15, 0.2) is 0 Å². The van der Waals surface area contributed by atoms with Crippen LogP contribution in [0.4, 0.5) is 0 Å². The number of imidazole rings is 1. The molecule has 4 nitrogen and oxygen atoms in total. The average Bonchev–Trinajstić information content (AvgIpc) is 2.77. The molecule has 2 heterocycles. The molecule has 16 heavy (non-hydrogen) atoms. The van der Waals surface area contributed by atoms with Gasteiger partial charge in [0.05, 0.1) is 5.69 Å². The minimum Gasteiger partial charge on any atom is -0.334 e. The van der Waals surface area contributed by atoms with Crippen LogP contribution in [0.25, 0.3) is 0 Å². The molecule has 2 rings (SSSR count). The minimum atomic E-state index is -0.300. The van der Waals surface area contributed by atoms with Crippen LogP contribution in [-0.2, 0) is 6.54 Å². The Labute approximate surface area is 103 Å². The molecule has 2 aromatic heterocycles. The Kier molecular flexibility index (Phi) is 3.36. The van der Waals surface area contributed by atoms with Crippen LogP contribution in [0.3, 0.4) is 0 Å². The number of halogens is 1. The van der Waals surface area contributed by atoms with Gasteiger partial charge in [-0.2, -0.15) is 0 Å².